The molecule has 2 unspecified atom stereocenters. The van der Waals surface area contributed by atoms with Crippen molar-refractivity contribution in [2.45, 2.75) is 25.4 Å². The fourth-order valence-electron chi connectivity index (χ4n) is 2.91. The number of benzene rings is 2. The summed E-state index contributed by atoms with van der Waals surface area (Å²) in [6.07, 6.45) is 1.21. The van der Waals surface area contributed by atoms with E-state index in [9.17, 15) is 0 Å². The van der Waals surface area contributed by atoms with E-state index in [1.807, 2.05) is 43.3 Å². The van der Waals surface area contributed by atoms with Crippen molar-refractivity contribution in [1.29, 1.82) is 0 Å². The molecule has 1 fully saturated rings. The lowest BCUT2D eigenvalue weighted by Gasteiger charge is -2.33. The van der Waals surface area contributed by atoms with Crippen molar-refractivity contribution >= 4 is 0 Å². The van der Waals surface area contributed by atoms with Crippen LogP contribution in [0.3, 0.4) is 0 Å². The molecule has 115 valence electrons. The number of nitrogens with one attached hydrogen (secondary N) is 1. The van der Waals surface area contributed by atoms with Gasteiger partial charge in [-0.1, -0.05) is 24.3 Å². The average molecular weight is 296 g/mol. The molecule has 0 amide bonds. The zero-order valence-electron chi connectivity index (χ0n) is 12.9. The maximum Gasteiger partial charge on any atom is 0.120 e. The first-order valence-electron chi connectivity index (χ1n) is 7.93. The van der Waals surface area contributed by atoms with Crippen LogP contribution in [0.5, 0.6) is 11.5 Å². The average Bonchev–Trinajstić information content (AvgIpc) is 2.58. The van der Waals surface area contributed by atoms with Crippen LogP contribution in [0.15, 0.2) is 48.5 Å². The van der Waals surface area contributed by atoms with Crippen molar-refractivity contribution < 1.29 is 9.47 Å². The van der Waals surface area contributed by atoms with Gasteiger partial charge >= 0.3 is 0 Å². The maximum absolute atomic E-state index is 6.25. The molecule has 1 radical (unpaired) electrons. The third kappa shape index (κ3) is 3.60. The van der Waals surface area contributed by atoms with E-state index in [1.165, 1.54) is 5.56 Å². The van der Waals surface area contributed by atoms with Gasteiger partial charge in [-0.05, 0) is 55.8 Å². The van der Waals surface area contributed by atoms with Crippen molar-refractivity contribution in [2.24, 2.45) is 0 Å². The molecule has 0 saturated carbocycles. The Morgan fingerprint density at radius 1 is 1.09 bits per heavy atom. The number of hydrogen-bond acceptors (Lipinski definition) is 3. The van der Waals surface area contributed by atoms with Gasteiger partial charge in [0.25, 0.3) is 0 Å². The van der Waals surface area contributed by atoms with Crippen molar-refractivity contribution in [3.05, 3.63) is 60.2 Å². The molecular weight excluding hydrogens is 274 g/mol. The first-order valence-corrected chi connectivity index (χ1v) is 7.93. The van der Waals surface area contributed by atoms with Gasteiger partial charge in [-0.3, -0.25) is 0 Å². The summed E-state index contributed by atoms with van der Waals surface area (Å²) in [5.41, 5.74) is 1.31. The Bertz CT molecular complexity index is 568. The molecule has 1 aliphatic heterocycles. The van der Waals surface area contributed by atoms with Gasteiger partial charge in [-0.25, -0.2) is 0 Å². The van der Waals surface area contributed by atoms with Crippen LogP contribution >= 0.6 is 0 Å². The SMILES string of the molecule is CCOc1ccc(OC2CCNCC2c2cc[c]cc2)cc1. The zero-order valence-corrected chi connectivity index (χ0v) is 12.9. The van der Waals surface area contributed by atoms with Crippen LogP contribution < -0.4 is 14.8 Å². The van der Waals surface area contributed by atoms with Crippen LogP contribution in [0, 0.1) is 6.07 Å². The number of rotatable bonds is 5. The summed E-state index contributed by atoms with van der Waals surface area (Å²) in [6.45, 7) is 4.62. The molecular formula is C19H22NO2. The lowest BCUT2D eigenvalue weighted by molar-refractivity contribution is 0.138. The van der Waals surface area contributed by atoms with E-state index in [1.54, 1.807) is 0 Å². The molecule has 0 aromatic heterocycles. The van der Waals surface area contributed by atoms with E-state index in [4.69, 9.17) is 9.47 Å². The zero-order chi connectivity index (χ0) is 15.2. The lowest BCUT2D eigenvalue weighted by Crippen LogP contribution is -2.41. The van der Waals surface area contributed by atoms with E-state index >= 15 is 0 Å². The standard InChI is InChI=1S/C19H22NO2/c1-2-21-16-8-10-17(11-9-16)22-19-12-13-20-14-18(19)15-6-4-3-5-7-15/h4-11,18-20H,2,12-14H2,1H3. The van der Waals surface area contributed by atoms with Crippen LogP contribution in [-0.4, -0.2) is 25.8 Å². The van der Waals surface area contributed by atoms with Gasteiger partial charge in [0.1, 0.15) is 17.6 Å². The number of hydrogen-bond donors (Lipinski definition) is 1. The van der Waals surface area contributed by atoms with Crippen molar-refractivity contribution in [1.82, 2.24) is 5.32 Å². The Balaban J connectivity index is 1.71. The molecule has 2 aromatic rings. The normalized spacial score (nSPS) is 21.3. The molecule has 2 atom stereocenters. The Morgan fingerprint density at radius 2 is 1.82 bits per heavy atom. The minimum atomic E-state index is 0.196. The van der Waals surface area contributed by atoms with Crippen LogP contribution in [0.2, 0.25) is 0 Å². The van der Waals surface area contributed by atoms with Crippen molar-refractivity contribution in [3.63, 3.8) is 0 Å². The largest absolute Gasteiger partial charge is 0.494 e. The highest BCUT2D eigenvalue weighted by Gasteiger charge is 2.27. The van der Waals surface area contributed by atoms with E-state index in [0.29, 0.717) is 12.5 Å². The lowest BCUT2D eigenvalue weighted by atomic mass is 9.89. The Hall–Kier alpha value is -2.00. The Kier molecular flexibility index (Phi) is 4.96. The van der Waals surface area contributed by atoms with Gasteiger partial charge in [-0.15, -0.1) is 0 Å². The molecule has 22 heavy (non-hydrogen) atoms. The Morgan fingerprint density at radius 3 is 2.55 bits per heavy atom. The molecule has 1 aliphatic rings. The summed E-state index contributed by atoms with van der Waals surface area (Å²) < 4.78 is 11.7. The van der Waals surface area contributed by atoms with E-state index in [-0.39, 0.29) is 6.10 Å². The summed E-state index contributed by atoms with van der Waals surface area (Å²) in [7, 11) is 0. The fourth-order valence-corrected chi connectivity index (χ4v) is 2.91. The second-order valence-corrected chi connectivity index (χ2v) is 5.49. The van der Waals surface area contributed by atoms with Gasteiger partial charge in [-0.2, -0.15) is 0 Å². The van der Waals surface area contributed by atoms with Crippen LogP contribution in [0.4, 0.5) is 0 Å². The number of piperidine rings is 1. The predicted molar refractivity (Wildman–Crippen MR) is 87.5 cm³/mol. The van der Waals surface area contributed by atoms with Crippen molar-refractivity contribution in [3.8, 4) is 11.5 Å². The molecule has 0 aliphatic carbocycles. The van der Waals surface area contributed by atoms with Gasteiger partial charge in [0, 0.05) is 12.5 Å². The van der Waals surface area contributed by atoms with Gasteiger partial charge < -0.3 is 14.8 Å². The summed E-state index contributed by atoms with van der Waals surface area (Å²) in [5, 5.41) is 3.46. The summed E-state index contributed by atoms with van der Waals surface area (Å²) in [4.78, 5) is 0. The first kappa shape index (κ1) is 14.9. The summed E-state index contributed by atoms with van der Waals surface area (Å²) in [6, 6.07) is 19.2. The summed E-state index contributed by atoms with van der Waals surface area (Å²) in [5.74, 6) is 2.16. The Labute approximate surface area is 132 Å². The molecule has 2 aromatic carbocycles. The van der Waals surface area contributed by atoms with E-state index in [0.717, 1.165) is 31.0 Å². The third-order valence-electron chi connectivity index (χ3n) is 4.01. The number of ether oxygens (including phenoxy) is 2. The fraction of sp³-hybridized carbons (Fsp3) is 0.368. The molecule has 3 rings (SSSR count). The molecule has 1 saturated heterocycles. The van der Waals surface area contributed by atoms with Crippen LogP contribution in [0.1, 0.15) is 24.8 Å². The highest BCUT2D eigenvalue weighted by molar-refractivity contribution is 5.32. The minimum Gasteiger partial charge on any atom is -0.494 e. The monoisotopic (exact) mass is 296 g/mol. The van der Waals surface area contributed by atoms with Crippen LogP contribution in [0.25, 0.3) is 0 Å². The molecule has 3 heteroatoms. The van der Waals surface area contributed by atoms with E-state index in [2.05, 4.69) is 23.5 Å². The molecule has 1 heterocycles. The molecule has 1 N–H and O–H groups in total. The highest BCUT2D eigenvalue weighted by Crippen LogP contribution is 2.28. The molecule has 0 spiro atoms. The predicted octanol–water partition coefficient (Wildman–Crippen LogP) is 3.41. The summed E-state index contributed by atoms with van der Waals surface area (Å²) >= 11 is 0. The van der Waals surface area contributed by atoms with Gasteiger partial charge in [0.2, 0.25) is 0 Å². The van der Waals surface area contributed by atoms with Gasteiger partial charge in [0.15, 0.2) is 0 Å². The smallest absolute Gasteiger partial charge is 0.120 e. The van der Waals surface area contributed by atoms with Gasteiger partial charge in [0.05, 0.1) is 6.61 Å². The molecule has 3 nitrogen and oxygen atoms in total. The highest BCUT2D eigenvalue weighted by atomic mass is 16.5. The van der Waals surface area contributed by atoms with Crippen LogP contribution in [-0.2, 0) is 0 Å². The molecule has 0 bridgehead atoms. The van der Waals surface area contributed by atoms with Crippen molar-refractivity contribution in [2.75, 3.05) is 19.7 Å². The van der Waals surface area contributed by atoms with E-state index < -0.39 is 0 Å². The maximum atomic E-state index is 6.25. The first-order chi connectivity index (χ1) is 10.9. The minimum absolute atomic E-state index is 0.196. The topological polar surface area (TPSA) is 30.5 Å². The third-order valence-corrected chi connectivity index (χ3v) is 4.01. The second kappa shape index (κ2) is 7.32. The quantitative estimate of drug-likeness (QED) is 0.917. The second-order valence-electron chi connectivity index (χ2n) is 5.49.